The van der Waals surface area contributed by atoms with Crippen LogP contribution in [-0.4, -0.2) is 21.8 Å². The average Bonchev–Trinajstić information content (AvgIpc) is 3.42. The first-order valence-electron chi connectivity index (χ1n) is 9.69. The average molecular weight is 446 g/mol. The van der Waals surface area contributed by atoms with Crippen LogP contribution in [0, 0.1) is 23.7 Å². The van der Waals surface area contributed by atoms with E-state index in [2.05, 4.69) is 38.0 Å². The van der Waals surface area contributed by atoms with Crippen molar-refractivity contribution < 1.29 is 9.59 Å². The van der Waals surface area contributed by atoms with Crippen molar-refractivity contribution in [1.29, 1.82) is 0 Å². The third-order valence-electron chi connectivity index (χ3n) is 6.40. The molecule has 2 aliphatic carbocycles. The number of anilines is 1. The summed E-state index contributed by atoms with van der Waals surface area (Å²) in [6.07, 6.45) is 6.96. The van der Waals surface area contributed by atoms with Gasteiger partial charge in [0.05, 0.1) is 23.0 Å². The number of benzene rings is 2. The molecule has 2 bridgehead atoms. The van der Waals surface area contributed by atoms with Crippen LogP contribution in [0.4, 0.5) is 5.69 Å². The number of fused-ring (bicyclic) bond motifs is 6. The van der Waals surface area contributed by atoms with E-state index in [4.69, 9.17) is 0 Å². The van der Waals surface area contributed by atoms with E-state index in [1.165, 1.54) is 4.90 Å². The van der Waals surface area contributed by atoms with Crippen molar-refractivity contribution in [2.45, 2.75) is 6.42 Å². The summed E-state index contributed by atoms with van der Waals surface area (Å²) in [5.74, 6) is 0.577. The van der Waals surface area contributed by atoms with E-state index in [-0.39, 0.29) is 35.5 Å². The first kappa shape index (κ1) is 17.0. The van der Waals surface area contributed by atoms with E-state index in [9.17, 15) is 9.59 Å². The standard InChI is InChI=1S/C23H16BrN3O2/c24-16-5-8-18-15(10-16)11-25-21(26-18)12-3-6-17(7-4-12)27-22(28)19-13-1-2-14(9-13)20(19)23(27)29/h1-8,10-11,13-14,19-20H,9H2/t13-,14?,19-,20+/m0/s1. The molecule has 1 saturated carbocycles. The molecule has 3 aliphatic rings. The minimum absolute atomic E-state index is 0.0582. The molecule has 1 aliphatic heterocycles. The number of carbonyl (C=O) groups excluding carboxylic acids is 2. The molecule has 2 heterocycles. The van der Waals surface area contributed by atoms with Crippen molar-refractivity contribution in [3.8, 4) is 11.4 Å². The van der Waals surface area contributed by atoms with Gasteiger partial charge < -0.3 is 0 Å². The molecule has 2 amide bonds. The van der Waals surface area contributed by atoms with Gasteiger partial charge in [0.1, 0.15) is 0 Å². The Morgan fingerprint density at radius 1 is 0.931 bits per heavy atom. The van der Waals surface area contributed by atoms with E-state index in [1.54, 1.807) is 6.20 Å². The highest BCUT2D eigenvalue weighted by Crippen LogP contribution is 2.53. The molecule has 6 heteroatoms. The van der Waals surface area contributed by atoms with Gasteiger partial charge in [0, 0.05) is 21.6 Å². The molecule has 0 radical (unpaired) electrons. The van der Waals surface area contributed by atoms with E-state index in [0.29, 0.717) is 11.5 Å². The Labute approximate surface area is 175 Å². The molecule has 6 rings (SSSR count). The molecule has 1 unspecified atom stereocenters. The number of halogens is 1. The van der Waals surface area contributed by atoms with Crippen molar-refractivity contribution in [2.75, 3.05) is 4.90 Å². The third-order valence-corrected chi connectivity index (χ3v) is 6.89. The highest BCUT2D eigenvalue weighted by atomic mass is 79.9. The maximum absolute atomic E-state index is 13.0. The Balaban J connectivity index is 1.32. The lowest BCUT2D eigenvalue weighted by Crippen LogP contribution is -2.32. The van der Waals surface area contributed by atoms with Crippen LogP contribution in [-0.2, 0) is 9.59 Å². The van der Waals surface area contributed by atoms with Crippen molar-refractivity contribution in [3.05, 3.63) is 65.3 Å². The van der Waals surface area contributed by atoms with Gasteiger partial charge in [-0.05, 0) is 60.7 Å². The summed E-state index contributed by atoms with van der Waals surface area (Å²) in [5, 5.41) is 0.961. The van der Waals surface area contributed by atoms with Crippen LogP contribution in [0.3, 0.4) is 0 Å². The van der Waals surface area contributed by atoms with Crippen molar-refractivity contribution >= 4 is 44.3 Å². The van der Waals surface area contributed by atoms with Crippen LogP contribution in [0.25, 0.3) is 22.3 Å². The fraction of sp³-hybridized carbons (Fsp3) is 0.217. The molecular formula is C23H16BrN3O2. The van der Waals surface area contributed by atoms with Gasteiger partial charge in [-0.3, -0.25) is 14.5 Å². The molecular weight excluding hydrogens is 430 g/mol. The summed E-state index contributed by atoms with van der Waals surface area (Å²) >= 11 is 3.46. The number of hydrogen-bond acceptors (Lipinski definition) is 4. The zero-order valence-corrected chi connectivity index (χ0v) is 16.9. The molecule has 3 aromatic rings. The Morgan fingerprint density at radius 3 is 2.31 bits per heavy atom. The summed E-state index contributed by atoms with van der Waals surface area (Å²) in [6.45, 7) is 0. The zero-order valence-electron chi connectivity index (χ0n) is 15.3. The van der Waals surface area contributed by atoms with Gasteiger partial charge in [0.15, 0.2) is 5.82 Å². The lowest BCUT2D eigenvalue weighted by Gasteiger charge is -2.17. The summed E-state index contributed by atoms with van der Waals surface area (Å²) in [6, 6.07) is 13.3. The quantitative estimate of drug-likeness (QED) is 0.433. The molecule has 2 aromatic carbocycles. The van der Waals surface area contributed by atoms with Crippen LogP contribution in [0.2, 0.25) is 0 Å². The van der Waals surface area contributed by atoms with Gasteiger partial charge in [0.2, 0.25) is 11.8 Å². The van der Waals surface area contributed by atoms with Crippen LogP contribution < -0.4 is 4.90 Å². The number of rotatable bonds is 2. The minimum atomic E-state index is -0.180. The maximum Gasteiger partial charge on any atom is 0.238 e. The predicted octanol–water partition coefficient (Wildman–Crippen LogP) is 4.37. The second-order valence-corrected chi connectivity index (χ2v) is 8.87. The molecule has 29 heavy (non-hydrogen) atoms. The Morgan fingerprint density at radius 2 is 1.62 bits per heavy atom. The highest BCUT2D eigenvalue weighted by molar-refractivity contribution is 9.10. The lowest BCUT2D eigenvalue weighted by atomic mass is 9.85. The van der Waals surface area contributed by atoms with Crippen LogP contribution in [0.5, 0.6) is 0 Å². The molecule has 5 nitrogen and oxygen atoms in total. The van der Waals surface area contributed by atoms with E-state index in [1.807, 2.05) is 42.5 Å². The van der Waals surface area contributed by atoms with Crippen LogP contribution in [0.1, 0.15) is 6.42 Å². The molecule has 4 atom stereocenters. The lowest BCUT2D eigenvalue weighted by molar-refractivity contribution is -0.123. The number of imide groups is 1. The Bertz CT molecular complexity index is 1190. The Hall–Kier alpha value is -2.86. The topological polar surface area (TPSA) is 63.2 Å². The van der Waals surface area contributed by atoms with Gasteiger partial charge in [0.25, 0.3) is 0 Å². The molecule has 1 saturated heterocycles. The molecule has 142 valence electrons. The smallest absolute Gasteiger partial charge is 0.238 e. The van der Waals surface area contributed by atoms with Crippen molar-refractivity contribution in [2.24, 2.45) is 23.7 Å². The molecule has 0 N–H and O–H groups in total. The van der Waals surface area contributed by atoms with Gasteiger partial charge in [-0.25, -0.2) is 9.97 Å². The molecule has 1 aromatic heterocycles. The van der Waals surface area contributed by atoms with Crippen molar-refractivity contribution in [1.82, 2.24) is 9.97 Å². The SMILES string of the molecule is O=C1[C@@H]2[C@H](C(=O)N1c1ccc(-c3ncc4cc(Br)ccc4n3)cc1)C1C=C[C@H]2C1. The van der Waals surface area contributed by atoms with Gasteiger partial charge in [-0.15, -0.1) is 0 Å². The van der Waals surface area contributed by atoms with Crippen LogP contribution in [0.15, 0.2) is 65.3 Å². The summed E-state index contributed by atoms with van der Waals surface area (Å²) in [4.78, 5) is 36.4. The first-order valence-corrected chi connectivity index (χ1v) is 10.5. The summed E-state index contributed by atoms with van der Waals surface area (Å²) < 4.78 is 0.985. The number of amides is 2. The van der Waals surface area contributed by atoms with E-state index < -0.39 is 0 Å². The van der Waals surface area contributed by atoms with Crippen molar-refractivity contribution in [3.63, 3.8) is 0 Å². The fourth-order valence-corrected chi connectivity index (χ4v) is 5.44. The summed E-state index contributed by atoms with van der Waals surface area (Å²) in [5.41, 5.74) is 2.34. The maximum atomic E-state index is 13.0. The first-order chi connectivity index (χ1) is 14.1. The normalized spacial score (nSPS) is 27.3. The number of hydrogen-bond donors (Lipinski definition) is 0. The largest absolute Gasteiger partial charge is 0.274 e. The zero-order chi connectivity index (χ0) is 19.7. The molecule has 2 fully saturated rings. The van der Waals surface area contributed by atoms with Gasteiger partial charge in [-0.1, -0.05) is 28.1 Å². The third kappa shape index (κ3) is 2.45. The number of allylic oxidation sites excluding steroid dienone is 2. The fourth-order valence-electron chi connectivity index (χ4n) is 5.06. The number of nitrogens with zero attached hydrogens (tertiary/aromatic N) is 3. The molecule has 0 spiro atoms. The second-order valence-electron chi connectivity index (χ2n) is 7.96. The van der Waals surface area contributed by atoms with Crippen LogP contribution >= 0.6 is 15.9 Å². The summed E-state index contributed by atoms with van der Waals surface area (Å²) in [7, 11) is 0. The van der Waals surface area contributed by atoms with E-state index >= 15 is 0 Å². The monoisotopic (exact) mass is 445 g/mol. The minimum Gasteiger partial charge on any atom is -0.274 e. The predicted molar refractivity (Wildman–Crippen MR) is 113 cm³/mol. The number of carbonyl (C=O) groups is 2. The second kappa shape index (κ2) is 6.07. The highest BCUT2D eigenvalue weighted by Gasteiger charge is 2.59. The van der Waals surface area contributed by atoms with Gasteiger partial charge >= 0.3 is 0 Å². The Kier molecular flexibility index (Phi) is 3.56. The number of aromatic nitrogens is 2. The van der Waals surface area contributed by atoms with E-state index in [0.717, 1.165) is 27.4 Å². The van der Waals surface area contributed by atoms with Gasteiger partial charge in [-0.2, -0.15) is 0 Å².